The molecule has 2 rings (SSSR count). The Kier molecular flexibility index (Phi) is 5.92. The maximum atomic E-state index is 5.50. The number of aromatic nitrogens is 2. The van der Waals surface area contributed by atoms with Crippen LogP contribution in [0.15, 0.2) is 16.7 Å². The van der Waals surface area contributed by atoms with E-state index in [1.165, 1.54) is 30.5 Å². The number of alkyl halides is 1. The Hall–Kier alpha value is -0.130. The highest BCUT2D eigenvalue weighted by atomic mass is 79.9. The smallest absolute Gasteiger partial charge is 0.0782 e. The van der Waals surface area contributed by atoms with Crippen molar-refractivity contribution in [2.75, 3.05) is 18.5 Å². The van der Waals surface area contributed by atoms with Gasteiger partial charge in [0.15, 0.2) is 0 Å². The van der Waals surface area contributed by atoms with Gasteiger partial charge in [-0.1, -0.05) is 22.0 Å². The summed E-state index contributed by atoms with van der Waals surface area (Å²) in [5.74, 6) is 0. The van der Waals surface area contributed by atoms with Crippen LogP contribution in [0.2, 0.25) is 0 Å². The molecule has 1 aromatic heterocycles. The highest BCUT2D eigenvalue weighted by Gasteiger charge is 2.15. The zero-order chi connectivity index (χ0) is 12.8. The second-order valence-corrected chi connectivity index (χ2v) is 5.99. The fraction of sp³-hybridized carbons (Fsp3) is 0.615. The highest BCUT2D eigenvalue weighted by Crippen LogP contribution is 2.31. The topological polar surface area (TPSA) is 27.1 Å². The molecule has 0 spiro atoms. The lowest BCUT2D eigenvalue weighted by Crippen LogP contribution is -2.11. The van der Waals surface area contributed by atoms with Crippen LogP contribution in [0.5, 0.6) is 0 Å². The van der Waals surface area contributed by atoms with E-state index < -0.39 is 0 Å². The predicted molar refractivity (Wildman–Crippen MR) is 81.0 cm³/mol. The molecular formula is C13H18Br2N2O. The molecule has 1 aromatic rings. The summed E-state index contributed by atoms with van der Waals surface area (Å²) < 4.78 is 8.64. The Labute approximate surface area is 125 Å². The summed E-state index contributed by atoms with van der Waals surface area (Å²) in [6.45, 7) is 2.27. The number of ether oxygens (including phenoxy) is 1. The lowest BCUT2D eigenvalue weighted by atomic mass is 9.97. The molecular weight excluding hydrogens is 360 g/mol. The molecule has 0 saturated carbocycles. The Morgan fingerprint density at radius 1 is 1.33 bits per heavy atom. The van der Waals surface area contributed by atoms with Gasteiger partial charge in [0.1, 0.15) is 0 Å². The van der Waals surface area contributed by atoms with Gasteiger partial charge in [0.05, 0.1) is 36.1 Å². The van der Waals surface area contributed by atoms with Crippen molar-refractivity contribution < 1.29 is 4.74 Å². The summed E-state index contributed by atoms with van der Waals surface area (Å²) in [6.07, 6.45) is 9.17. The largest absolute Gasteiger partial charge is 0.379 e. The minimum Gasteiger partial charge on any atom is -0.379 e. The summed E-state index contributed by atoms with van der Waals surface area (Å²) in [4.78, 5) is 0. The molecule has 0 radical (unpaired) electrons. The van der Waals surface area contributed by atoms with Crippen molar-refractivity contribution in [1.82, 2.24) is 9.78 Å². The minimum atomic E-state index is 0.708. The molecule has 1 heterocycles. The van der Waals surface area contributed by atoms with Crippen molar-refractivity contribution in [3.05, 3.63) is 22.4 Å². The molecule has 0 fully saturated rings. The van der Waals surface area contributed by atoms with Crippen LogP contribution in [0.4, 0.5) is 0 Å². The normalized spacial score (nSPS) is 15.8. The summed E-state index contributed by atoms with van der Waals surface area (Å²) in [6, 6.07) is 0. The van der Waals surface area contributed by atoms with Crippen LogP contribution in [-0.4, -0.2) is 28.3 Å². The van der Waals surface area contributed by atoms with E-state index in [0.29, 0.717) is 6.61 Å². The van der Waals surface area contributed by atoms with Gasteiger partial charge < -0.3 is 4.74 Å². The lowest BCUT2D eigenvalue weighted by Gasteiger charge is -2.15. The first kappa shape index (κ1) is 14.3. The number of hydrogen-bond acceptors (Lipinski definition) is 2. The van der Waals surface area contributed by atoms with Crippen LogP contribution in [0.1, 0.15) is 31.4 Å². The first-order chi connectivity index (χ1) is 8.83. The molecule has 0 bridgehead atoms. The van der Waals surface area contributed by atoms with Crippen LogP contribution in [0, 0.1) is 0 Å². The zero-order valence-electron chi connectivity index (χ0n) is 10.4. The number of halogens is 2. The van der Waals surface area contributed by atoms with E-state index in [-0.39, 0.29) is 0 Å². The van der Waals surface area contributed by atoms with Crippen molar-refractivity contribution in [1.29, 1.82) is 0 Å². The second kappa shape index (κ2) is 7.46. The molecule has 0 N–H and O–H groups in total. The van der Waals surface area contributed by atoms with Gasteiger partial charge in [-0.05, 0) is 47.2 Å². The second-order valence-electron chi connectivity index (χ2n) is 4.34. The number of allylic oxidation sites excluding steroid dienone is 2. The maximum Gasteiger partial charge on any atom is 0.0782 e. The van der Waals surface area contributed by atoms with Gasteiger partial charge in [-0.25, -0.2) is 0 Å². The molecule has 0 unspecified atom stereocenters. The van der Waals surface area contributed by atoms with Crippen molar-refractivity contribution in [3.63, 3.8) is 0 Å². The van der Waals surface area contributed by atoms with Crippen LogP contribution >= 0.6 is 31.9 Å². The van der Waals surface area contributed by atoms with Crippen molar-refractivity contribution in [2.24, 2.45) is 0 Å². The fourth-order valence-electron chi connectivity index (χ4n) is 2.21. The average molecular weight is 378 g/mol. The fourth-order valence-corrected chi connectivity index (χ4v) is 2.99. The van der Waals surface area contributed by atoms with Crippen molar-refractivity contribution in [3.8, 4) is 0 Å². The van der Waals surface area contributed by atoms with Gasteiger partial charge in [0, 0.05) is 5.33 Å². The summed E-state index contributed by atoms with van der Waals surface area (Å²) >= 11 is 6.96. The van der Waals surface area contributed by atoms with Gasteiger partial charge in [-0.3, -0.25) is 4.68 Å². The molecule has 5 heteroatoms. The summed E-state index contributed by atoms with van der Waals surface area (Å²) in [5.41, 5.74) is 2.66. The van der Waals surface area contributed by atoms with E-state index >= 15 is 0 Å². The van der Waals surface area contributed by atoms with Crippen LogP contribution in [-0.2, 0) is 11.3 Å². The van der Waals surface area contributed by atoms with Crippen LogP contribution in [0.3, 0.4) is 0 Å². The highest BCUT2D eigenvalue weighted by molar-refractivity contribution is 9.10. The predicted octanol–water partition coefficient (Wildman–Crippen LogP) is 4.01. The third-order valence-electron chi connectivity index (χ3n) is 3.06. The molecule has 0 aliphatic heterocycles. The Balaban J connectivity index is 2.04. The lowest BCUT2D eigenvalue weighted by molar-refractivity contribution is 0.139. The first-order valence-electron chi connectivity index (χ1n) is 6.37. The monoisotopic (exact) mass is 376 g/mol. The van der Waals surface area contributed by atoms with Gasteiger partial charge in [0.2, 0.25) is 0 Å². The van der Waals surface area contributed by atoms with Gasteiger partial charge >= 0.3 is 0 Å². The van der Waals surface area contributed by atoms with Crippen molar-refractivity contribution in [2.45, 2.75) is 32.2 Å². The molecule has 0 aromatic carbocycles. The molecule has 100 valence electrons. The average Bonchev–Trinajstić information content (AvgIpc) is 2.77. The first-order valence-corrected chi connectivity index (χ1v) is 8.29. The van der Waals surface area contributed by atoms with E-state index in [2.05, 4.69) is 47.7 Å². The third-order valence-corrected chi connectivity index (χ3v) is 3.96. The molecule has 1 aliphatic carbocycles. The van der Waals surface area contributed by atoms with Crippen molar-refractivity contribution >= 4 is 37.4 Å². The number of rotatable bonds is 6. The van der Waals surface area contributed by atoms with E-state index in [4.69, 9.17) is 4.74 Å². The standard InChI is InChI=1S/C13H18Br2N2O/c14-6-8-18-9-7-17-13(12(15)10-16-17)11-4-2-1-3-5-11/h4,10H,1-3,5-9H2. The SMILES string of the molecule is BrCCOCCn1ncc(Br)c1C1=CCCCC1. The Morgan fingerprint density at radius 3 is 2.94 bits per heavy atom. The van der Waals surface area contributed by atoms with E-state index in [9.17, 15) is 0 Å². The van der Waals surface area contributed by atoms with Gasteiger partial charge in [0.25, 0.3) is 0 Å². The molecule has 3 nitrogen and oxygen atoms in total. The molecule has 0 saturated heterocycles. The maximum absolute atomic E-state index is 5.50. The zero-order valence-corrected chi connectivity index (χ0v) is 13.5. The molecule has 0 amide bonds. The summed E-state index contributed by atoms with van der Waals surface area (Å²) in [7, 11) is 0. The number of hydrogen-bond donors (Lipinski definition) is 0. The minimum absolute atomic E-state index is 0.708. The van der Waals surface area contributed by atoms with Crippen LogP contribution < -0.4 is 0 Å². The van der Waals surface area contributed by atoms with Gasteiger partial charge in [-0.2, -0.15) is 5.10 Å². The van der Waals surface area contributed by atoms with E-state index in [1.807, 2.05) is 6.20 Å². The van der Waals surface area contributed by atoms with Gasteiger partial charge in [-0.15, -0.1) is 0 Å². The van der Waals surface area contributed by atoms with E-state index in [1.54, 1.807) is 0 Å². The third kappa shape index (κ3) is 3.68. The Bertz CT molecular complexity index is 415. The van der Waals surface area contributed by atoms with E-state index in [0.717, 1.165) is 29.4 Å². The number of nitrogens with zero attached hydrogens (tertiary/aromatic N) is 2. The molecule has 0 atom stereocenters. The summed E-state index contributed by atoms with van der Waals surface area (Å²) in [5, 5.41) is 5.31. The Morgan fingerprint density at radius 2 is 2.22 bits per heavy atom. The molecule has 1 aliphatic rings. The molecule has 18 heavy (non-hydrogen) atoms. The van der Waals surface area contributed by atoms with Crippen LogP contribution in [0.25, 0.3) is 5.57 Å². The quantitative estimate of drug-likeness (QED) is 0.553.